The lowest BCUT2D eigenvalue weighted by molar-refractivity contribution is -0.134. The van der Waals surface area contributed by atoms with E-state index in [0.29, 0.717) is 16.8 Å². The first-order valence-corrected chi connectivity index (χ1v) is 10.7. The standard InChI is InChI=1S/C18H16Cl2F2N2O4S/c19-12-1-4-17(14(20)9-12)28-11-18(25)23-5-7-24(8-6-23)29(26,27)13-2-3-15(21)16(22)10-13/h1-4,9-10H,5-8,11H2. The second-order valence-electron chi connectivity index (χ2n) is 6.22. The Morgan fingerprint density at radius 3 is 2.31 bits per heavy atom. The normalized spacial score (nSPS) is 15.4. The molecule has 0 spiro atoms. The first-order valence-electron chi connectivity index (χ1n) is 8.49. The van der Waals surface area contributed by atoms with Crippen molar-refractivity contribution in [3.8, 4) is 5.75 Å². The third kappa shape index (κ3) is 4.98. The van der Waals surface area contributed by atoms with Crippen molar-refractivity contribution in [2.45, 2.75) is 4.90 Å². The molecule has 0 atom stereocenters. The predicted octanol–water partition coefficient (Wildman–Crippen LogP) is 3.18. The minimum Gasteiger partial charge on any atom is -0.482 e. The maximum absolute atomic E-state index is 13.4. The molecule has 3 rings (SSSR count). The Labute approximate surface area is 176 Å². The zero-order chi connectivity index (χ0) is 21.2. The van der Waals surface area contributed by atoms with E-state index in [1.807, 2.05) is 0 Å². The van der Waals surface area contributed by atoms with E-state index >= 15 is 0 Å². The minimum atomic E-state index is -3.99. The number of benzene rings is 2. The molecule has 0 bridgehead atoms. The molecule has 0 radical (unpaired) electrons. The molecule has 0 aliphatic carbocycles. The van der Waals surface area contributed by atoms with Gasteiger partial charge < -0.3 is 9.64 Å². The molecule has 1 aliphatic heterocycles. The van der Waals surface area contributed by atoms with Gasteiger partial charge >= 0.3 is 0 Å². The Morgan fingerprint density at radius 2 is 1.69 bits per heavy atom. The number of rotatable bonds is 5. The highest BCUT2D eigenvalue weighted by Crippen LogP contribution is 2.27. The van der Waals surface area contributed by atoms with Gasteiger partial charge in [-0.15, -0.1) is 0 Å². The van der Waals surface area contributed by atoms with Gasteiger partial charge in [-0.2, -0.15) is 4.31 Å². The lowest BCUT2D eigenvalue weighted by Gasteiger charge is -2.34. The average molecular weight is 465 g/mol. The summed E-state index contributed by atoms with van der Waals surface area (Å²) in [6.07, 6.45) is 0. The summed E-state index contributed by atoms with van der Waals surface area (Å²) in [6, 6.07) is 7.03. The highest BCUT2D eigenvalue weighted by Gasteiger charge is 2.30. The molecule has 1 amide bonds. The fourth-order valence-electron chi connectivity index (χ4n) is 2.79. The molecule has 11 heteroatoms. The Kier molecular flexibility index (Phi) is 6.62. The lowest BCUT2D eigenvalue weighted by atomic mass is 10.3. The number of nitrogens with zero attached hydrogens (tertiary/aromatic N) is 2. The van der Waals surface area contributed by atoms with Gasteiger partial charge in [-0.3, -0.25) is 4.79 Å². The van der Waals surface area contributed by atoms with E-state index in [-0.39, 0.29) is 48.6 Å². The summed E-state index contributed by atoms with van der Waals surface area (Å²) in [5.74, 6) is -2.39. The van der Waals surface area contributed by atoms with Crippen LogP contribution in [0.4, 0.5) is 8.78 Å². The molecule has 0 saturated carbocycles. The number of amides is 1. The number of hydrogen-bond acceptors (Lipinski definition) is 4. The Morgan fingerprint density at radius 1 is 1.00 bits per heavy atom. The summed E-state index contributed by atoms with van der Waals surface area (Å²) < 4.78 is 58.1. The number of carbonyl (C=O) groups is 1. The van der Waals surface area contributed by atoms with Crippen molar-refractivity contribution in [1.29, 1.82) is 0 Å². The second kappa shape index (κ2) is 8.83. The van der Waals surface area contributed by atoms with Gasteiger partial charge in [0, 0.05) is 31.2 Å². The third-order valence-electron chi connectivity index (χ3n) is 4.37. The van der Waals surface area contributed by atoms with Crippen LogP contribution >= 0.6 is 23.2 Å². The molecule has 1 aliphatic rings. The third-order valence-corrected chi connectivity index (χ3v) is 6.79. The van der Waals surface area contributed by atoms with Crippen LogP contribution in [0.15, 0.2) is 41.3 Å². The van der Waals surface area contributed by atoms with Gasteiger partial charge in [0.1, 0.15) is 5.75 Å². The van der Waals surface area contributed by atoms with Gasteiger partial charge in [0.05, 0.1) is 9.92 Å². The molecule has 2 aromatic rings. The maximum atomic E-state index is 13.4. The summed E-state index contributed by atoms with van der Waals surface area (Å²) in [7, 11) is -3.99. The van der Waals surface area contributed by atoms with Gasteiger partial charge in [-0.25, -0.2) is 17.2 Å². The lowest BCUT2D eigenvalue weighted by Crippen LogP contribution is -2.51. The van der Waals surface area contributed by atoms with Gasteiger partial charge in [0.2, 0.25) is 10.0 Å². The van der Waals surface area contributed by atoms with Crippen molar-refractivity contribution >= 4 is 39.1 Å². The number of halogens is 4. The average Bonchev–Trinajstić information content (AvgIpc) is 2.69. The number of carbonyl (C=O) groups excluding carboxylic acids is 1. The fraction of sp³-hybridized carbons (Fsp3) is 0.278. The van der Waals surface area contributed by atoms with Crippen molar-refractivity contribution in [1.82, 2.24) is 9.21 Å². The van der Waals surface area contributed by atoms with Gasteiger partial charge in [0.25, 0.3) is 5.91 Å². The number of ether oxygens (including phenoxy) is 1. The van der Waals surface area contributed by atoms with Crippen molar-refractivity contribution in [2.75, 3.05) is 32.8 Å². The summed E-state index contributed by atoms with van der Waals surface area (Å²) >= 11 is 11.8. The Balaban J connectivity index is 1.58. The van der Waals surface area contributed by atoms with Crippen molar-refractivity contribution in [3.05, 3.63) is 58.1 Å². The first-order chi connectivity index (χ1) is 13.7. The van der Waals surface area contributed by atoms with E-state index in [4.69, 9.17) is 27.9 Å². The largest absolute Gasteiger partial charge is 0.482 e. The number of sulfonamides is 1. The summed E-state index contributed by atoms with van der Waals surface area (Å²) in [6.45, 7) is 0.0553. The van der Waals surface area contributed by atoms with Gasteiger partial charge in [0.15, 0.2) is 18.2 Å². The fourth-order valence-corrected chi connectivity index (χ4v) is 4.68. The molecule has 6 nitrogen and oxygen atoms in total. The van der Waals surface area contributed by atoms with Crippen LogP contribution in [0.5, 0.6) is 5.75 Å². The second-order valence-corrected chi connectivity index (χ2v) is 9.01. The zero-order valence-corrected chi connectivity index (χ0v) is 17.3. The maximum Gasteiger partial charge on any atom is 0.260 e. The van der Waals surface area contributed by atoms with Crippen LogP contribution < -0.4 is 4.74 Å². The molecule has 0 N–H and O–H groups in total. The molecule has 2 aromatic carbocycles. The van der Waals surface area contributed by atoms with Gasteiger partial charge in [-0.05, 0) is 36.4 Å². The predicted molar refractivity (Wildman–Crippen MR) is 104 cm³/mol. The quantitative estimate of drug-likeness (QED) is 0.681. The van der Waals surface area contributed by atoms with Crippen molar-refractivity contribution in [2.24, 2.45) is 0 Å². The molecular weight excluding hydrogens is 449 g/mol. The van der Waals surface area contributed by atoms with Crippen molar-refractivity contribution < 1.29 is 26.7 Å². The van der Waals surface area contributed by atoms with Crippen LogP contribution in [-0.4, -0.2) is 56.3 Å². The molecule has 1 saturated heterocycles. The highest BCUT2D eigenvalue weighted by atomic mass is 35.5. The Hall–Kier alpha value is -1.94. The summed E-state index contributed by atoms with van der Waals surface area (Å²) in [4.78, 5) is 13.5. The molecule has 29 heavy (non-hydrogen) atoms. The van der Waals surface area contributed by atoms with E-state index < -0.39 is 21.7 Å². The minimum absolute atomic E-state index is 0.0226. The first kappa shape index (κ1) is 21.8. The zero-order valence-electron chi connectivity index (χ0n) is 14.9. The van der Waals surface area contributed by atoms with Crippen LogP contribution in [0, 0.1) is 11.6 Å². The van der Waals surface area contributed by atoms with E-state index in [2.05, 4.69) is 0 Å². The van der Waals surface area contributed by atoms with Gasteiger partial charge in [-0.1, -0.05) is 23.2 Å². The van der Waals surface area contributed by atoms with E-state index in [0.717, 1.165) is 16.4 Å². The van der Waals surface area contributed by atoms with Crippen LogP contribution in [0.2, 0.25) is 10.0 Å². The Bertz CT molecular complexity index is 1030. The molecule has 1 fully saturated rings. The van der Waals surface area contributed by atoms with E-state index in [9.17, 15) is 22.0 Å². The van der Waals surface area contributed by atoms with Crippen LogP contribution in [0.1, 0.15) is 0 Å². The number of piperazine rings is 1. The molecule has 0 aromatic heterocycles. The summed E-state index contributed by atoms with van der Waals surface area (Å²) in [5.41, 5.74) is 0. The van der Waals surface area contributed by atoms with E-state index in [1.54, 1.807) is 12.1 Å². The molecule has 156 valence electrons. The van der Waals surface area contributed by atoms with E-state index in [1.165, 1.54) is 11.0 Å². The molecular formula is C18H16Cl2F2N2O4S. The topological polar surface area (TPSA) is 66.9 Å². The van der Waals surface area contributed by atoms with Crippen LogP contribution in [0.25, 0.3) is 0 Å². The molecule has 0 unspecified atom stereocenters. The summed E-state index contributed by atoms with van der Waals surface area (Å²) in [5, 5.41) is 0.708. The highest BCUT2D eigenvalue weighted by molar-refractivity contribution is 7.89. The van der Waals surface area contributed by atoms with Crippen LogP contribution in [-0.2, 0) is 14.8 Å². The monoisotopic (exact) mass is 464 g/mol. The smallest absolute Gasteiger partial charge is 0.260 e. The van der Waals surface area contributed by atoms with Crippen LogP contribution in [0.3, 0.4) is 0 Å². The SMILES string of the molecule is O=C(COc1ccc(Cl)cc1Cl)N1CCN(S(=O)(=O)c2ccc(F)c(F)c2)CC1. The molecule has 1 heterocycles. The number of hydrogen-bond donors (Lipinski definition) is 0. The van der Waals surface area contributed by atoms with Crippen molar-refractivity contribution in [3.63, 3.8) is 0 Å².